The summed E-state index contributed by atoms with van der Waals surface area (Å²) in [5.41, 5.74) is 5.60. The second-order valence-corrected chi connectivity index (χ2v) is 16.2. The van der Waals surface area contributed by atoms with Gasteiger partial charge in [-0.1, -0.05) is 121 Å². The van der Waals surface area contributed by atoms with E-state index in [9.17, 15) is 15.3 Å². The van der Waals surface area contributed by atoms with Crippen LogP contribution in [0.1, 0.15) is 142 Å². The second-order valence-electron chi connectivity index (χ2n) is 16.2. The lowest BCUT2D eigenvalue weighted by Crippen LogP contribution is -2.45. The molecule has 4 nitrogen and oxygen atoms in total. The van der Waals surface area contributed by atoms with Crippen molar-refractivity contribution in [3.63, 3.8) is 0 Å². The van der Waals surface area contributed by atoms with Gasteiger partial charge in [0.15, 0.2) is 0 Å². The van der Waals surface area contributed by atoms with Gasteiger partial charge in [0, 0.05) is 16.7 Å². The van der Waals surface area contributed by atoms with Gasteiger partial charge in [-0.2, -0.15) is 0 Å². The molecule has 2 aromatic rings. The standard InChI is InChI=1S/C37H60O4/c1-15-24-17-26(33(3,4)5)30(27(18-24)34(6,7)8)32(37(21-38,22-39)23-40)41-31-28(35(9,10)11)19-25(16-2)20-29(31)36(12,13)14/h17-20,32,38-40H,15-16,21-23H2,1-14H3. The van der Waals surface area contributed by atoms with E-state index in [2.05, 4.69) is 121 Å². The minimum absolute atomic E-state index is 0.225. The van der Waals surface area contributed by atoms with Crippen molar-refractivity contribution in [2.75, 3.05) is 19.8 Å². The average Bonchev–Trinajstić information content (AvgIpc) is 2.86. The molecule has 0 bridgehead atoms. The van der Waals surface area contributed by atoms with Crippen LogP contribution in [0.2, 0.25) is 0 Å². The van der Waals surface area contributed by atoms with Crippen LogP contribution in [0.5, 0.6) is 5.75 Å². The summed E-state index contributed by atoms with van der Waals surface area (Å²) in [6.45, 7) is 29.5. The Morgan fingerprint density at radius 2 is 0.829 bits per heavy atom. The molecule has 0 aliphatic rings. The molecule has 0 aliphatic heterocycles. The molecular weight excluding hydrogens is 508 g/mol. The van der Waals surface area contributed by atoms with Crippen LogP contribution in [-0.2, 0) is 34.5 Å². The van der Waals surface area contributed by atoms with Crippen LogP contribution in [0, 0.1) is 5.41 Å². The molecule has 0 radical (unpaired) electrons. The fraction of sp³-hybridized carbons (Fsp3) is 0.676. The van der Waals surface area contributed by atoms with Crippen molar-refractivity contribution in [2.24, 2.45) is 5.41 Å². The molecule has 4 heteroatoms. The predicted octanol–water partition coefficient (Wildman–Crippen LogP) is 8.08. The summed E-state index contributed by atoms with van der Waals surface area (Å²) in [6.07, 6.45) is 1.00. The van der Waals surface area contributed by atoms with Gasteiger partial charge in [-0.05, 0) is 56.8 Å². The molecule has 3 N–H and O–H groups in total. The zero-order valence-electron chi connectivity index (χ0n) is 28.7. The van der Waals surface area contributed by atoms with Crippen LogP contribution in [0.15, 0.2) is 24.3 Å². The van der Waals surface area contributed by atoms with Gasteiger partial charge in [0.2, 0.25) is 0 Å². The number of aliphatic hydroxyl groups excluding tert-OH is 3. The maximum absolute atomic E-state index is 10.9. The smallest absolute Gasteiger partial charge is 0.137 e. The van der Waals surface area contributed by atoms with Crippen LogP contribution in [0.3, 0.4) is 0 Å². The Labute approximate surface area is 251 Å². The molecule has 2 aromatic carbocycles. The van der Waals surface area contributed by atoms with Crippen molar-refractivity contribution >= 4 is 0 Å². The van der Waals surface area contributed by atoms with Gasteiger partial charge in [-0.15, -0.1) is 0 Å². The molecule has 0 spiro atoms. The van der Waals surface area contributed by atoms with E-state index in [-0.39, 0.29) is 21.7 Å². The topological polar surface area (TPSA) is 69.9 Å². The van der Waals surface area contributed by atoms with E-state index in [0.29, 0.717) is 0 Å². The van der Waals surface area contributed by atoms with Gasteiger partial charge in [0.25, 0.3) is 0 Å². The van der Waals surface area contributed by atoms with Crippen molar-refractivity contribution in [1.82, 2.24) is 0 Å². The molecule has 0 amide bonds. The summed E-state index contributed by atoms with van der Waals surface area (Å²) in [7, 11) is 0. The lowest BCUT2D eigenvalue weighted by Gasteiger charge is -2.43. The minimum atomic E-state index is -1.32. The van der Waals surface area contributed by atoms with Crippen LogP contribution in [0.4, 0.5) is 0 Å². The van der Waals surface area contributed by atoms with E-state index in [1.807, 2.05) is 0 Å². The number of aliphatic hydroxyl groups is 3. The Bertz CT molecular complexity index is 1100. The molecule has 0 aromatic heterocycles. The Kier molecular flexibility index (Phi) is 10.7. The molecule has 232 valence electrons. The minimum Gasteiger partial charge on any atom is -0.484 e. The first kappa shape index (κ1) is 35.3. The van der Waals surface area contributed by atoms with E-state index in [1.165, 1.54) is 11.1 Å². The summed E-state index contributed by atoms with van der Waals surface area (Å²) in [4.78, 5) is 0. The fourth-order valence-corrected chi connectivity index (χ4v) is 5.58. The number of ether oxygens (including phenoxy) is 1. The Balaban J connectivity index is 3.23. The Morgan fingerprint density at radius 3 is 1.07 bits per heavy atom. The number of hydrogen-bond acceptors (Lipinski definition) is 4. The van der Waals surface area contributed by atoms with Gasteiger partial charge in [0.1, 0.15) is 11.9 Å². The molecule has 0 fully saturated rings. The predicted molar refractivity (Wildman–Crippen MR) is 173 cm³/mol. The van der Waals surface area contributed by atoms with Crippen molar-refractivity contribution < 1.29 is 20.1 Å². The summed E-state index contributed by atoms with van der Waals surface area (Å²) >= 11 is 0. The van der Waals surface area contributed by atoms with Crippen molar-refractivity contribution in [3.8, 4) is 5.75 Å². The van der Waals surface area contributed by atoms with E-state index in [0.717, 1.165) is 46.4 Å². The number of rotatable bonds is 9. The maximum atomic E-state index is 10.9. The highest BCUT2D eigenvalue weighted by Gasteiger charge is 2.46. The Morgan fingerprint density at radius 1 is 0.537 bits per heavy atom. The highest BCUT2D eigenvalue weighted by molar-refractivity contribution is 5.53. The first-order valence-corrected chi connectivity index (χ1v) is 15.5. The second kappa shape index (κ2) is 12.4. The third kappa shape index (κ3) is 7.56. The lowest BCUT2D eigenvalue weighted by molar-refractivity contribution is -0.0761. The van der Waals surface area contributed by atoms with Gasteiger partial charge < -0.3 is 20.1 Å². The molecule has 1 atom stereocenters. The van der Waals surface area contributed by atoms with Crippen molar-refractivity contribution in [2.45, 2.75) is 138 Å². The number of aryl methyl sites for hydroxylation is 2. The summed E-state index contributed by atoms with van der Waals surface area (Å²) < 4.78 is 7.32. The average molecular weight is 569 g/mol. The highest BCUT2D eigenvalue weighted by atomic mass is 16.5. The molecule has 0 aliphatic carbocycles. The first-order chi connectivity index (χ1) is 18.6. The lowest BCUT2D eigenvalue weighted by atomic mass is 9.68. The molecule has 1 unspecified atom stereocenters. The Hall–Kier alpha value is -1.88. The van der Waals surface area contributed by atoms with E-state index in [1.54, 1.807) is 0 Å². The van der Waals surface area contributed by atoms with Crippen molar-refractivity contribution in [3.05, 3.63) is 63.2 Å². The maximum Gasteiger partial charge on any atom is 0.137 e. The van der Waals surface area contributed by atoms with Crippen LogP contribution >= 0.6 is 0 Å². The van der Waals surface area contributed by atoms with Crippen LogP contribution < -0.4 is 4.74 Å². The normalized spacial score (nSPS) is 14.4. The molecular formula is C37H60O4. The van der Waals surface area contributed by atoms with E-state index >= 15 is 0 Å². The molecule has 0 saturated heterocycles. The number of hydrogen-bond donors (Lipinski definition) is 3. The summed E-state index contributed by atoms with van der Waals surface area (Å²) in [5, 5.41) is 32.7. The van der Waals surface area contributed by atoms with Gasteiger partial charge in [-0.3, -0.25) is 0 Å². The fourth-order valence-electron chi connectivity index (χ4n) is 5.58. The molecule has 41 heavy (non-hydrogen) atoms. The number of benzene rings is 2. The zero-order chi connectivity index (χ0) is 31.8. The van der Waals surface area contributed by atoms with Gasteiger partial charge in [0.05, 0.1) is 25.2 Å². The molecule has 2 rings (SSSR count). The highest BCUT2D eigenvalue weighted by Crippen LogP contribution is 2.50. The summed E-state index contributed by atoms with van der Waals surface area (Å²) in [6, 6.07) is 9.01. The largest absolute Gasteiger partial charge is 0.484 e. The van der Waals surface area contributed by atoms with E-state index in [4.69, 9.17) is 4.74 Å². The van der Waals surface area contributed by atoms with Gasteiger partial charge in [-0.25, -0.2) is 0 Å². The van der Waals surface area contributed by atoms with Gasteiger partial charge >= 0.3 is 0 Å². The quantitative estimate of drug-likeness (QED) is 0.286. The van der Waals surface area contributed by atoms with Crippen LogP contribution in [-0.4, -0.2) is 35.1 Å². The molecule has 0 saturated carbocycles. The van der Waals surface area contributed by atoms with E-state index < -0.39 is 31.3 Å². The zero-order valence-corrected chi connectivity index (χ0v) is 28.7. The third-order valence-electron chi connectivity index (χ3n) is 8.44. The van der Waals surface area contributed by atoms with Crippen molar-refractivity contribution in [1.29, 1.82) is 0 Å². The summed E-state index contributed by atoms with van der Waals surface area (Å²) in [5.74, 6) is 0.784. The SMILES string of the molecule is CCc1cc(C(C)(C)C)c(OC(c2c(C(C)(C)C)cc(CC)cc2C(C)(C)C)C(CO)(CO)CO)c(C(C)(C)C)c1. The van der Waals surface area contributed by atoms with Crippen LogP contribution in [0.25, 0.3) is 0 Å². The molecule has 0 heterocycles. The third-order valence-corrected chi connectivity index (χ3v) is 8.44. The first-order valence-electron chi connectivity index (χ1n) is 15.5. The monoisotopic (exact) mass is 568 g/mol.